The first-order valence-electron chi connectivity index (χ1n) is 4.74. The van der Waals surface area contributed by atoms with Gasteiger partial charge >= 0.3 is 0 Å². The van der Waals surface area contributed by atoms with E-state index in [1.807, 2.05) is 12.1 Å². The van der Waals surface area contributed by atoms with Crippen LogP contribution in [0, 0.1) is 11.3 Å². The van der Waals surface area contributed by atoms with E-state index in [0.29, 0.717) is 24.9 Å². The molecule has 4 heteroatoms. The highest BCUT2D eigenvalue weighted by molar-refractivity contribution is 5.73. The molecule has 78 valence electrons. The number of rotatable bonds is 5. The maximum absolute atomic E-state index is 10.5. The number of nitrogens with zero attached hydrogens (tertiary/aromatic N) is 1. The first-order valence-corrected chi connectivity index (χ1v) is 4.74. The first kappa shape index (κ1) is 11.1. The normalized spacial score (nSPS) is 9.27. The molecule has 0 aliphatic rings. The minimum atomic E-state index is -0.289. The molecular weight excluding hydrogens is 190 g/mol. The summed E-state index contributed by atoms with van der Waals surface area (Å²) in [6.45, 7) is 0.678. The predicted molar refractivity (Wildman–Crippen MR) is 58.1 cm³/mol. The molecule has 3 N–H and O–H groups in total. The average Bonchev–Trinajstić information content (AvgIpc) is 2.24. The van der Waals surface area contributed by atoms with Gasteiger partial charge in [-0.1, -0.05) is 6.07 Å². The number of amides is 1. The second-order valence-corrected chi connectivity index (χ2v) is 3.19. The zero-order valence-corrected chi connectivity index (χ0v) is 8.36. The zero-order chi connectivity index (χ0) is 11.1. The van der Waals surface area contributed by atoms with Crippen LogP contribution in [0.3, 0.4) is 0 Å². The van der Waals surface area contributed by atoms with Crippen molar-refractivity contribution in [3.8, 4) is 6.07 Å². The summed E-state index contributed by atoms with van der Waals surface area (Å²) in [5.74, 6) is -0.289. The van der Waals surface area contributed by atoms with Crippen molar-refractivity contribution in [2.24, 2.45) is 5.73 Å². The molecule has 4 nitrogen and oxygen atoms in total. The molecular formula is C11H13N3O. The Morgan fingerprint density at radius 2 is 2.33 bits per heavy atom. The molecule has 0 spiro atoms. The van der Waals surface area contributed by atoms with Gasteiger partial charge in [-0.15, -0.1) is 0 Å². The van der Waals surface area contributed by atoms with E-state index < -0.39 is 0 Å². The summed E-state index contributed by atoms with van der Waals surface area (Å²) < 4.78 is 0. The largest absolute Gasteiger partial charge is 0.385 e. The summed E-state index contributed by atoms with van der Waals surface area (Å²) in [6, 6.07) is 9.27. The highest BCUT2D eigenvalue weighted by Crippen LogP contribution is 2.09. The van der Waals surface area contributed by atoms with Crippen LogP contribution in [0.15, 0.2) is 24.3 Å². The Hall–Kier alpha value is -2.02. The highest BCUT2D eigenvalue weighted by atomic mass is 16.1. The molecule has 1 rings (SSSR count). The number of nitriles is 1. The molecule has 0 saturated heterocycles. The van der Waals surface area contributed by atoms with Crippen LogP contribution >= 0.6 is 0 Å². The summed E-state index contributed by atoms with van der Waals surface area (Å²) >= 11 is 0. The second kappa shape index (κ2) is 5.66. The lowest BCUT2D eigenvalue weighted by atomic mass is 10.2. The van der Waals surface area contributed by atoms with Crippen molar-refractivity contribution in [2.75, 3.05) is 11.9 Å². The summed E-state index contributed by atoms with van der Waals surface area (Å²) in [5, 5.41) is 11.8. The minimum absolute atomic E-state index is 0.289. The number of carbonyl (C=O) groups is 1. The molecule has 0 aromatic heterocycles. The monoisotopic (exact) mass is 203 g/mol. The third-order valence-electron chi connectivity index (χ3n) is 1.92. The number of nitrogens with two attached hydrogens (primary N) is 1. The molecule has 1 aromatic carbocycles. The van der Waals surface area contributed by atoms with Crippen molar-refractivity contribution in [3.63, 3.8) is 0 Å². The van der Waals surface area contributed by atoms with Crippen LogP contribution in [-0.4, -0.2) is 12.5 Å². The van der Waals surface area contributed by atoms with E-state index in [-0.39, 0.29) is 5.91 Å². The fraction of sp³-hybridized carbons (Fsp3) is 0.273. The van der Waals surface area contributed by atoms with Crippen molar-refractivity contribution in [2.45, 2.75) is 12.8 Å². The van der Waals surface area contributed by atoms with Gasteiger partial charge in [0.1, 0.15) is 0 Å². The van der Waals surface area contributed by atoms with Gasteiger partial charge in [-0.2, -0.15) is 5.26 Å². The number of benzene rings is 1. The van der Waals surface area contributed by atoms with Crippen LogP contribution in [0.2, 0.25) is 0 Å². The molecule has 0 heterocycles. The first-order chi connectivity index (χ1) is 7.22. The molecule has 0 atom stereocenters. The van der Waals surface area contributed by atoms with Gasteiger partial charge in [-0.3, -0.25) is 4.79 Å². The summed E-state index contributed by atoms with van der Waals surface area (Å²) in [5.41, 5.74) is 6.52. The summed E-state index contributed by atoms with van der Waals surface area (Å²) in [7, 11) is 0. The Bertz CT molecular complexity index is 382. The molecule has 0 aliphatic heterocycles. The van der Waals surface area contributed by atoms with E-state index in [0.717, 1.165) is 5.69 Å². The Balaban J connectivity index is 2.38. The van der Waals surface area contributed by atoms with Gasteiger partial charge < -0.3 is 11.1 Å². The Morgan fingerprint density at radius 3 is 3.00 bits per heavy atom. The van der Waals surface area contributed by atoms with Crippen molar-refractivity contribution < 1.29 is 4.79 Å². The van der Waals surface area contributed by atoms with Gasteiger partial charge in [0.15, 0.2) is 0 Å². The van der Waals surface area contributed by atoms with Gasteiger partial charge in [-0.25, -0.2) is 0 Å². The van der Waals surface area contributed by atoms with Crippen LogP contribution in [0.25, 0.3) is 0 Å². The van der Waals surface area contributed by atoms with Crippen molar-refractivity contribution in [1.82, 2.24) is 0 Å². The Kier molecular flexibility index (Phi) is 4.17. The third-order valence-corrected chi connectivity index (χ3v) is 1.92. The van der Waals surface area contributed by atoms with Gasteiger partial charge in [0.2, 0.25) is 5.91 Å². The molecule has 0 bridgehead atoms. The van der Waals surface area contributed by atoms with Gasteiger partial charge in [0, 0.05) is 18.7 Å². The molecule has 1 amide bonds. The number of carbonyl (C=O) groups excluding carboxylic acids is 1. The van der Waals surface area contributed by atoms with E-state index in [1.54, 1.807) is 12.1 Å². The maximum atomic E-state index is 10.5. The van der Waals surface area contributed by atoms with Crippen molar-refractivity contribution >= 4 is 11.6 Å². The summed E-state index contributed by atoms with van der Waals surface area (Å²) in [6.07, 6.45) is 1.08. The van der Waals surface area contributed by atoms with Crippen LogP contribution in [-0.2, 0) is 4.79 Å². The van der Waals surface area contributed by atoms with E-state index in [2.05, 4.69) is 11.4 Å². The highest BCUT2D eigenvalue weighted by Gasteiger charge is 1.96. The smallest absolute Gasteiger partial charge is 0.217 e. The molecule has 0 unspecified atom stereocenters. The Morgan fingerprint density at radius 1 is 1.53 bits per heavy atom. The Labute approximate surface area is 88.7 Å². The van der Waals surface area contributed by atoms with E-state index in [4.69, 9.17) is 11.0 Å². The number of nitrogens with one attached hydrogen (secondary N) is 1. The van der Waals surface area contributed by atoms with Gasteiger partial charge in [0.25, 0.3) is 0 Å². The molecule has 0 fully saturated rings. The van der Waals surface area contributed by atoms with E-state index in [1.165, 1.54) is 0 Å². The average molecular weight is 203 g/mol. The SMILES string of the molecule is N#Cc1cccc(NCCCC(N)=O)c1. The van der Waals surface area contributed by atoms with E-state index >= 15 is 0 Å². The number of hydrogen-bond donors (Lipinski definition) is 2. The molecule has 1 aromatic rings. The van der Waals surface area contributed by atoms with Gasteiger partial charge in [0.05, 0.1) is 11.6 Å². The number of primary amides is 1. The van der Waals surface area contributed by atoms with Crippen LogP contribution in [0.1, 0.15) is 18.4 Å². The molecule has 0 radical (unpaired) electrons. The second-order valence-electron chi connectivity index (χ2n) is 3.19. The number of anilines is 1. The minimum Gasteiger partial charge on any atom is -0.385 e. The lowest BCUT2D eigenvalue weighted by Crippen LogP contribution is -2.12. The van der Waals surface area contributed by atoms with Crippen LogP contribution in [0.4, 0.5) is 5.69 Å². The predicted octanol–water partition coefficient (Wildman–Crippen LogP) is 1.24. The van der Waals surface area contributed by atoms with Crippen LogP contribution < -0.4 is 11.1 Å². The van der Waals surface area contributed by atoms with E-state index in [9.17, 15) is 4.79 Å². The lowest BCUT2D eigenvalue weighted by Gasteiger charge is -2.05. The molecule has 0 saturated carbocycles. The topological polar surface area (TPSA) is 78.9 Å². The fourth-order valence-electron chi connectivity index (χ4n) is 1.19. The quantitative estimate of drug-likeness (QED) is 0.706. The number of hydrogen-bond acceptors (Lipinski definition) is 3. The van der Waals surface area contributed by atoms with Crippen molar-refractivity contribution in [3.05, 3.63) is 29.8 Å². The zero-order valence-electron chi connectivity index (χ0n) is 8.36. The lowest BCUT2D eigenvalue weighted by molar-refractivity contribution is -0.118. The summed E-state index contributed by atoms with van der Waals surface area (Å²) in [4.78, 5) is 10.5. The maximum Gasteiger partial charge on any atom is 0.217 e. The standard InChI is InChI=1S/C11H13N3O/c12-8-9-3-1-4-10(7-9)14-6-2-5-11(13)15/h1,3-4,7,14H,2,5-6H2,(H2,13,15). The van der Waals surface area contributed by atoms with Gasteiger partial charge in [-0.05, 0) is 24.6 Å². The van der Waals surface area contributed by atoms with Crippen molar-refractivity contribution in [1.29, 1.82) is 5.26 Å². The molecule has 15 heavy (non-hydrogen) atoms. The fourth-order valence-corrected chi connectivity index (χ4v) is 1.19. The molecule has 0 aliphatic carbocycles. The van der Waals surface area contributed by atoms with Crippen LogP contribution in [0.5, 0.6) is 0 Å². The third kappa shape index (κ3) is 4.14.